The molecule has 164 valence electrons. The Morgan fingerprint density at radius 3 is 2.48 bits per heavy atom. The molecular formula is C25H22ClN7. The van der Waals surface area contributed by atoms with Crippen LogP contribution >= 0.6 is 11.6 Å². The smallest absolute Gasteiger partial charge is 0.163 e. The van der Waals surface area contributed by atoms with Gasteiger partial charge in [0.15, 0.2) is 11.0 Å². The summed E-state index contributed by atoms with van der Waals surface area (Å²) in [7, 11) is 2.17. The molecule has 33 heavy (non-hydrogen) atoms. The molecule has 0 amide bonds. The zero-order valence-corrected chi connectivity index (χ0v) is 18.9. The van der Waals surface area contributed by atoms with Gasteiger partial charge >= 0.3 is 0 Å². The minimum Gasteiger partial charge on any atom is -0.369 e. The van der Waals surface area contributed by atoms with Crippen molar-refractivity contribution >= 4 is 39.4 Å². The third-order valence-electron chi connectivity index (χ3n) is 6.24. The molecule has 0 bridgehead atoms. The maximum absolute atomic E-state index is 6.50. The van der Waals surface area contributed by atoms with Gasteiger partial charge in [-0.15, -0.1) is 0 Å². The van der Waals surface area contributed by atoms with Crippen LogP contribution in [-0.4, -0.2) is 63.0 Å². The molecule has 6 rings (SSSR count). The number of nitrogens with zero attached hydrogens (tertiary/aromatic N) is 6. The lowest BCUT2D eigenvalue weighted by molar-refractivity contribution is 0.313. The first kappa shape index (κ1) is 20.1. The SMILES string of the molecule is CN1CCN(c2ccc(-c3cnc4[nH]c5c(Cl)nc(-c6cccnc6)nc5c4c3)cc2)CC1. The van der Waals surface area contributed by atoms with Crippen molar-refractivity contribution in [3.05, 3.63) is 66.2 Å². The number of aromatic nitrogens is 5. The van der Waals surface area contributed by atoms with E-state index < -0.39 is 0 Å². The lowest BCUT2D eigenvalue weighted by atomic mass is 10.1. The summed E-state index contributed by atoms with van der Waals surface area (Å²) in [6.07, 6.45) is 5.34. The highest BCUT2D eigenvalue weighted by atomic mass is 35.5. The molecule has 0 radical (unpaired) electrons. The summed E-state index contributed by atoms with van der Waals surface area (Å²) >= 11 is 6.50. The van der Waals surface area contributed by atoms with Crippen LogP contribution in [-0.2, 0) is 0 Å². The molecule has 4 aromatic heterocycles. The van der Waals surface area contributed by atoms with Crippen molar-refractivity contribution in [1.82, 2.24) is 29.8 Å². The van der Waals surface area contributed by atoms with Crippen LogP contribution in [0.3, 0.4) is 0 Å². The molecule has 0 unspecified atom stereocenters. The minimum atomic E-state index is 0.370. The number of halogens is 1. The summed E-state index contributed by atoms with van der Waals surface area (Å²) in [5.74, 6) is 0.545. The van der Waals surface area contributed by atoms with Crippen molar-refractivity contribution in [3.8, 4) is 22.5 Å². The monoisotopic (exact) mass is 455 g/mol. The summed E-state index contributed by atoms with van der Waals surface area (Å²) in [5.41, 5.74) is 6.41. The van der Waals surface area contributed by atoms with E-state index in [1.807, 2.05) is 18.3 Å². The number of rotatable bonds is 3. The Morgan fingerprint density at radius 2 is 1.73 bits per heavy atom. The van der Waals surface area contributed by atoms with Crippen LogP contribution in [0.15, 0.2) is 61.1 Å². The molecule has 0 aliphatic carbocycles. The number of hydrogen-bond acceptors (Lipinski definition) is 6. The van der Waals surface area contributed by atoms with Gasteiger partial charge in [0.05, 0.1) is 0 Å². The van der Waals surface area contributed by atoms with E-state index in [9.17, 15) is 0 Å². The second kappa shape index (κ2) is 8.10. The van der Waals surface area contributed by atoms with Crippen molar-refractivity contribution in [1.29, 1.82) is 0 Å². The molecule has 0 saturated carbocycles. The Balaban J connectivity index is 1.39. The topological polar surface area (TPSA) is 73.8 Å². The van der Waals surface area contributed by atoms with Gasteiger partial charge in [-0.1, -0.05) is 23.7 Å². The number of aromatic amines is 1. The summed E-state index contributed by atoms with van der Waals surface area (Å²) < 4.78 is 0. The largest absolute Gasteiger partial charge is 0.369 e. The number of benzene rings is 1. The fourth-order valence-corrected chi connectivity index (χ4v) is 4.53. The van der Waals surface area contributed by atoms with E-state index in [4.69, 9.17) is 16.6 Å². The van der Waals surface area contributed by atoms with E-state index >= 15 is 0 Å². The highest BCUT2D eigenvalue weighted by Gasteiger charge is 2.16. The molecule has 5 heterocycles. The molecule has 5 aromatic rings. The van der Waals surface area contributed by atoms with Gasteiger partial charge in [-0.3, -0.25) is 4.98 Å². The Labute approximate surface area is 196 Å². The van der Waals surface area contributed by atoms with E-state index in [-0.39, 0.29) is 0 Å². The fraction of sp³-hybridized carbons (Fsp3) is 0.200. The summed E-state index contributed by atoms with van der Waals surface area (Å²) in [5, 5.41) is 1.29. The van der Waals surface area contributed by atoms with Crippen LogP contribution < -0.4 is 4.90 Å². The maximum atomic E-state index is 6.50. The van der Waals surface area contributed by atoms with Crippen LogP contribution in [0.1, 0.15) is 0 Å². The summed E-state index contributed by atoms with van der Waals surface area (Å²) in [6.45, 7) is 4.29. The highest BCUT2D eigenvalue weighted by molar-refractivity contribution is 6.34. The molecule has 8 heteroatoms. The van der Waals surface area contributed by atoms with Gasteiger partial charge in [-0.05, 0) is 42.9 Å². The van der Waals surface area contributed by atoms with Crippen molar-refractivity contribution in [2.45, 2.75) is 0 Å². The first-order chi connectivity index (χ1) is 16.2. The second-order valence-corrected chi connectivity index (χ2v) is 8.74. The van der Waals surface area contributed by atoms with Gasteiger partial charge in [0.25, 0.3) is 0 Å². The van der Waals surface area contributed by atoms with E-state index in [1.165, 1.54) is 5.69 Å². The third kappa shape index (κ3) is 3.69. The second-order valence-electron chi connectivity index (χ2n) is 8.39. The number of H-pyrrole nitrogens is 1. The summed E-state index contributed by atoms with van der Waals surface area (Å²) in [6, 6.07) is 14.6. The molecule has 1 aromatic carbocycles. The van der Waals surface area contributed by atoms with Gasteiger partial charge in [-0.25, -0.2) is 15.0 Å². The number of hydrogen-bond donors (Lipinski definition) is 1. The number of piperazine rings is 1. The van der Waals surface area contributed by atoms with Crippen LogP contribution in [0.2, 0.25) is 5.15 Å². The Bertz CT molecular complexity index is 1440. The van der Waals surface area contributed by atoms with Gasteiger partial charge in [0.2, 0.25) is 0 Å². The zero-order chi connectivity index (χ0) is 22.4. The van der Waals surface area contributed by atoms with Crippen molar-refractivity contribution in [3.63, 3.8) is 0 Å². The standard InChI is InChI=1S/C25H22ClN7/c1-32-9-11-33(12-10-32)19-6-4-16(5-7-19)18-13-20-21-22(30-25(20)28-15-18)23(26)31-24(29-21)17-3-2-8-27-14-17/h2-8,13-15H,9-12H2,1H3,(H,28,30). The molecule has 1 N–H and O–H groups in total. The number of anilines is 1. The molecule has 1 aliphatic heterocycles. The molecule has 0 spiro atoms. The maximum Gasteiger partial charge on any atom is 0.163 e. The van der Waals surface area contributed by atoms with Gasteiger partial charge < -0.3 is 14.8 Å². The quantitative estimate of drug-likeness (QED) is 0.399. The minimum absolute atomic E-state index is 0.370. The molecule has 7 nitrogen and oxygen atoms in total. The number of pyridine rings is 2. The normalized spacial score (nSPS) is 14.9. The Kier molecular flexibility index (Phi) is 4.93. The molecule has 1 saturated heterocycles. The first-order valence-corrected chi connectivity index (χ1v) is 11.3. The van der Waals surface area contributed by atoms with Crippen LogP contribution in [0.25, 0.3) is 44.6 Å². The predicted octanol–water partition coefficient (Wildman–Crippen LogP) is 4.64. The molecule has 1 aliphatic rings. The Hall–Kier alpha value is -3.55. The van der Waals surface area contributed by atoms with Crippen molar-refractivity contribution < 1.29 is 0 Å². The average Bonchev–Trinajstić information content (AvgIpc) is 3.24. The van der Waals surface area contributed by atoms with E-state index in [2.05, 4.69) is 67.1 Å². The first-order valence-electron chi connectivity index (χ1n) is 10.9. The average molecular weight is 456 g/mol. The van der Waals surface area contributed by atoms with Crippen LogP contribution in [0, 0.1) is 0 Å². The van der Waals surface area contributed by atoms with Gasteiger partial charge in [0, 0.05) is 67.0 Å². The molecule has 0 atom stereocenters. The molecular weight excluding hydrogens is 434 g/mol. The predicted molar refractivity (Wildman–Crippen MR) is 133 cm³/mol. The Morgan fingerprint density at radius 1 is 0.909 bits per heavy atom. The van der Waals surface area contributed by atoms with Crippen molar-refractivity contribution in [2.75, 3.05) is 38.1 Å². The highest BCUT2D eigenvalue weighted by Crippen LogP contribution is 2.32. The fourth-order valence-electron chi connectivity index (χ4n) is 4.31. The lowest BCUT2D eigenvalue weighted by Crippen LogP contribution is -2.44. The van der Waals surface area contributed by atoms with Gasteiger partial charge in [0.1, 0.15) is 16.7 Å². The number of fused-ring (bicyclic) bond motifs is 3. The van der Waals surface area contributed by atoms with E-state index in [0.717, 1.165) is 59.4 Å². The number of nitrogens with one attached hydrogen (secondary N) is 1. The van der Waals surface area contributed by atoms with Crippen molar-refractivity contribution in [2.24, 2.45) is 0 Å². The third-order valence-corrected chi connectivity index (χ3v) is 6.51. The van der Waals surface area contributed by atoms with Crippen LogP contribution in [0.5, 0.6) is 0 Å². The lowest BCUT2D eigenvalue weighted by Gasteiger charge is -2.34. The zero-order valence-electron chi connectivity index (χ0n) is 18.2. The summed E-state index contributed by atoms with van der Waals surface area (Å²) in [4.78, 5) is 26.1. The number of likely N-dealkylation sites (N-methyl/N-ethyl adjacent to an activating group) is 1. The van der Waals surface area contributed by atoms with Crippen LogP contribution in [0.4, 0.5) is 5.69 Å². The molecule has 1 fully saturated rings. The van der Waals surface area contributed by atoms with Gasteiger partial charge in [-0.2, -0.15) is 0 Å². The van der Waals surface area contributed by atoms with E-state index in [0.29, 0.717) is 16.5 Å². The van der Waals surface area contributed by atoms with E-state index in [1.54, 1.807) is 12.4 Å².